The average Bonchev–Trinajstić information content (AvgIpc) is 3.04. The third-order valence-corrected chi connectivity index (χ3v) is 5.19. The molecule has 0 spiro atoms. The number of rotatable bonds is 2. The SMILES string of the molecule is NC(=O)N1CCCC(C(=O)N2C3CCC2C(C(=O)O)C3)C1. The predicted octanol–water partition coefficient (Wildman–Crippen LogP) is 0.241. The highest BCUT2D eigenvalue weighted by Crippen LogP contribution is 2.43. The fraction of sp³-hybridized carbons (Fsp3) is 0.786. The third-order valence-electron chi connectivity index (χ3n) is 5.19. The van der Waals surface area contributed by atoms with Gasteiger partial charge in [0.15, 0.2) is 0 Å². The molecular formula is C14H21N3O4. The van der Waals surface area contributed by atoms with Crippen LogP contribution in [-0.2, 0) is 9.59 Å². The van der Waals surface area contributed by atoms with Crippen LogP contribution in [0.25, 0.3) is 0 Å². The van der Waals surface area contributed by atoms with Crippen LogP contribution >= 0.6 is 0 Å². The number of nitrogens with zero attached hydrogens (tertiary/aromatic N) is 2. The van der Waals surface area contributed by atoms with Crippen molar-refractivity contribution >= 4 is 17.9 Å². The van der Waals surface area contributed by atoms with Gasteiger partial charge in [0.2, 0.25) is 5.91 Å². The van der Waals surface area contributed by atoms with E-state index in [1.165, 1.54) is 4.90 Å². The molecule has 0 aromatic heterocycles. The number of piperidine rings is 1. The maximum absolute atomic E-state index is 12.8. The number of carbonyl (C=O) groups excluding carboxylic acids is 2. The summed E-state index contributed by atoms with van der Waals surface area (Å²) in [6.45, 7) is 0.964. The average molecular weight is 295 g/mol. The number of carboxylic acid groups (broad SMARTS) is 1. The van der Waals surface area contributed by atoms with Crippen molar-refractivity contribution in [1.82, 2.24) is 9.80 Å². The smallest absolute Gasteiger partial charge is 0.314 e. The van der Waals surface area contributed by atoms with Gasteiger partial charge >= 0.3 is 12.0 Å². The summed E-state index contributed by atoms with van der Waals surface area (Å²) < 4.78 is 0. The number of carboxylic acids is 1. The lowest BCUT2D eigenvalue weighted by molar-refractivity contribution is -0.144. The highest BCUT2D eigenvalue weighted by Gasteiger charge is 2.52. The van der Waals surface area contributed by atoms with E-state index in [0.717, 1.165) is 25.7 Å². The second-order valence-corrected chi connectivity index (χ2v) is 6.35. The second-order valence-electron chi connectivity index (χ2n) is 6.35. The molecule has 7 nitrogen and oxygen atoms in total. The minimum absolute atomic E-state index is 0.0113. The van der Waals surface area contributed by atoms with Gasteiger partial charge in [-0.15, -0.1) is 0 Å². The van der Waals surface area contributed by atoms with E-state index in [4.69, 9.17) is 5.73 Å². The summed E-state index contributed by atoms with van der Waals surface area (Å²) in [6.07, 6.45) is 3.76. The summed E-state index contributed by atoms with van der Waals surface area (Å²) >= 11 is 0. The zero-order valence-corrected chi connectivity index (χ0v) is 11.9. The largest absolute Gasteiger partial charge is 0.481 e. The lowest BCUT2D eigenvalue weighted by Gasteiger charge is -2.34. The molecule has 0 radical (unpaired) electrons. The number of nitrogens with two attached hydrogens (primary N) is 1. The summed E-state index contributed by atoms with van der Waals surface area (Å²) in [4.78, 5) is 38.6. The Bertz CT molecular complexity index is 481. The van der Waals surface area contributed by atoms with Crippen molar-refractivity contribution < 1.29 is 19.5 Å². The van der Waals surface area contributed by atoms with Crippen LogP contribution in [0.4, 0.5) is 4.79 Å². The van der Waals surface area contributed by atoms with Crippen molar-refractivity contribution in [1.29, 1.82) is 0 Å². The van der Waals surface area contributed by atoms with Crippen molar-refractivity contribution in [3.8, 4) is 0 Å². The summed E-state index contributed by atoms with van der Waals surface area (Å²) in [5.74, 6) is -1.45. The van der Waals surface area contributed by atoms with Crippen molar-refractivity contribution in [2.75, 3.05) is 13.1 Å². The minimum atomic E-state index is -0.803. The Labute approximate surface area is 123 Å². The number of aliphatic carboxylic acids is 1. The predicted molar refractivity (Wildman–Crippen MR) is 73.3 cm³/mol. The van der Waals surface area contributed by atoms with Gasteiger partial charge in [-0.25, -0.2) is 4.79 Å². The first kappa shape index (κ1) is 14.2. The second kappa shape index (κ2) is 5.20. The molecule has 3 amide bonds. The number of hydrogen-bond donors (Lipinski definition) is 2. The van der Waals surface area contributed by atoms with Crippen LogP contribution in [0, 0.1) is 11.8 Å². The van der Waals surface area contributed by atoms with E-state index in [2.05, 4.69) is 0 Å². The molecule has 3 rings (SSSR count). The van der Waals surface area contributed by atoms with Gasteiger partial charge in [0.1, 0.15) is 0 Å². The van der Waals surface area contributed by atoms with Crippen molar-refractivity contribution in [3.05, 3.63) is 0 Å². The molecule has 7 heteroatoms. The number of primary amides is 1. The summed E-state index contributed by atoms with van der Waals surface area (Å²) in [5.41, 5.74) is 5.30. The fourth-order valence-corrected chi connectivity index (χ4v) is 4.19. The molecule has 4 unspecified atom stereocenters. The maximum atomic E-state index is 12.8. The Kier molecular flexibility index (Phi) is 3.51. The topological polar surface area (TPSA) is 104 Å². The molecule has 3 aliphatic rings. The molecule has 3 aliphatic heterocycles. The van der Waals surface area contributed by atoms with Gasteiger partial charge in [-0.3, -0.25) is 9.59 Å². The van der Waals surface area contributed by atoms with Crippen LogP contribution in [0.2, 0.25) is 0 Å². The highest BCUT2D eigenvalue weighted by molar-refractivity contribution is 5.83. The van der Waals surface area contributed by atoms with E-state index in [1.54, 1.807) is 4.90 Å². The summed E-state index contributed by atoms with van der Waals surface area (Å²) in [5, 5.41) is 9.25. The molecule has 116 valence electrons. The van der Waals surface area contributed by atoms with Gasteiger partial charge in [0.25, 0.3) is 0 Å². The standard InChI is InChI=1S/C14H21N3O4/c15-14(21)16-5-1-2-8(7-16)12(18)17-9-3-4-11(17)10(6-9)13(19)20/h8-11H,1-7H2,(H2,15,21)(H,19,20). The number of fused-ring (bicyclic) bond motifs is 2. The maximum Gasteiger partial charge on any atom is 0.314 e. The molecule has 0 aromatic carbocycles. The highest BCUT2D eigenvalue weighted by atomic mass is 16.4. The normalized spacial score (nSPS) is 35.0. The van der Waals surface area contributed by atoms with Crippen LogP contribution < -0.4 is 5.73 Å². The first-order valence-corrected chi connectivity index (χ1v) is 7.58. The molecule has 3 heterocycles. The molecule has 0 aromatic rings. The monoisotopic (exact) mass is 295 g/mol. The van der Waals surface area contributed by atoms with E-state index < -0.39 is 17.9 Å². The number of carbonyl (C=O) groups is 3. The molecule has 21 heavy (non-hydrogen) atoms. The molecule has 3 N–H and O–H groups in total. The third kappa shape index (κ3) is 2.34. The van der Waals surface area contributed by atoms with E-state index in [1.807, 2.05) is 0 Å². The molecular weight excluding hydrogens is 274 g/mol. The van der Waals surface area contributed by atoms with E-state index >= 15 is 0 Å². The number of hydrogen-bond acceptors (Lipinski definition) is 3. The fourth-order valence-electron chi connectivity index (χ4n) is 4.19. The minimum Gasteiger partial charge on any atom is -0.481 e. The molecule has 3 saturated heterocycles. The van der Waals surface area contributed by atoms with Gasteiger partial charge in [0.05, 0.1) is 11.8 Å². The van der Waals surface area contributed by atoms with Crippen molar-refractivity contribution in [2.45, 2.75) is 44.2 Å². The summed E-state index contributed by atoms with van der Waals surface area (Å²) in [6, 6.07) is -0.586. The Morgan fingerprint density at radius 2 is 1.90 bits per heavy atom. The van der Waals surface area contributed by atoms with E-state index in [0.29, 0.717) is 19.5 Å². The van der Waals surface area contributed by atoms with E-state index in [9.17, 15) is 19.5 Å². The van der Waals surface area contributed by atoms with Gasteiger partial charge in [-0.05, 0) is 32.1 Å². The molecule has 2 bridgehead atoms. The van der Waals surface area contributed by atoms with Crippen molar-refractivity contribution in [3.63, 3.8) is 0 Å². The zero-order chi connectivity index (χ0) is 15.1. The number of amides is 3. The Balaban J connectivity index is 1.71. The van der Waals surface area contributed by atoms with Gasteiger partial charge in [0, 0.05) is 25.2 Å². The number of urea groups is 1. The van der Waals surface area contributed by atoms with Crippen LogP contribution in [0.3, 0.4) is 0 Å². The first-order valence-electron chi connectivity index (χ1n) is 7.58. The van der Waals surface area contributed by atoms with Crippen LogP contribution in [0.5, 0.6) is 0 Å². The lowest BCUT2D eigenvalue weighted by atomic mass is 9.89. The Hall–Kier alpha value is -1.79. The van der Waals surface area contributed by atoms with Gasteiger partial charge in [-0.2, -0.15) is 0 Å². The molecule has 0 saturated carbocycles. The van der Waals surface area contributed by atoms with Gasteiger partial charge in [-0.1, -0.05) is 0 Å². The Morgan fingerprint density at radius 3 is 2.52 bits per heavy atom. The zero-order valence-electron chi connectivity index (χ0n) is 11.9. The summed E-state index contributed by atoms with van der Waals surface area (Å²) in [7, 11) is 0. The van der Waals surface area contributed by atoms with Crippen LogP contribution in [-0.4, -0.2) is 58.0 Å². The van der Waals surface area contributed by atoms with Gasteiger partial charge < -0.3 is 20.6 Å². The number of likely N-dealkylation sites (tertiary alicyclic amines) is 1. The lowest BCUT2D eigenvalue weighted by Crippen LogP contribution is -2.49. The van der Waals surface area contributed by atoms with Crippen molar-refractivity contribution in [2.24, 2.45) is 17.6 Å². The quantitative estimate of drug-likeness (QED) is 0.761. The molecule has 4 atom stereocenters. The van der Waals surface area contributed by atoms with Crippen LogP contribution in [0.1, 0.15) is 32.1 Å². The molecule has 0 aliphatic carbocycles. The first-order chi connectivity index (χ1) is 9.99. The van der Waals surface area contributed by atoms with Crippen LogP contribution in [0.15, 0.2) is 0 Å². The Morgan fingerprint density at radius 1 is 1.14 bits per heavy atom. The molecule has 3 fully saturated rings. The van der Waals surface area contributed by atoms with E-state index in [-0.39, 0.29) is 23.9 Å².